The highest BCUT2D eigenvalue weighted by molar-refractivity contribution is 6.30. The predicted octanol–water partition coefficient (Wildman–Crippen LogP) is 2.71. The Morgan fingerprint density at radius 1 is 1.28 bits per heavy atom. The minimum atomic E-state index is 0.280. The third kappa shape index (κ3) is 2.93. The molecule has 1 aliphatic rings. The molecule has 5 heteroatoms. The molecular weight excluding hydrogens is 250 g/mol. The SMILES string of the molecule is Cc1c(Cl)nnc(NC2CCCC(CO)C2)c1C. The molecule has 2 unspecified atom stereocenters. The van der Waals surface area contributed by atoms with E-state index in [1.165, 1.54) is 0 Å². The first-order valence-corrected chi connectivity index (χ1v) is 6.86. The van der Waals surface area contributed by atoms with Crippen molar-refractivity contribution in [3.8, 4) is 0 Å². The quantitative estimate of drug-likeness (QED) is 0.886. The molecule has 18 heavy (non-hydrogen) atoms. The number of aromatic nitrogens is 2. The molecule has 1 heterocycles. The predicted molar refractivity (Wildman–Crippen MR) is 73.0 cm³/mol. The number of halogens is 1. The van der Waals surface area contributed by atoms with Gasteiger partial charge in [-0.15, -0.1) is 10.2 Å². The van der Waals surface area contributed by atoms with Gasteiger partial charge in [-0.1, -0.05) is 18.0 Å². The first kappa shape index (κ1) is 13.6. The summed E-state index contributed by atoms with van der Waals surface area (Å²) in [6, 6.07) is 0.379. The minimum Gasteiger partial charge on any atom is -0.396 e. The summed E-state index contributed by atoms with van der Waals surface area (Å²) < 4.78 is 0. The Kier molecular flexibility index (Phi) is 4.40. The number of nitrogens with one attached hydrogen (secondary N) is 1. The van der Waals surface area contributed by atoms with E-state index >= 15 is 0 Å². The Morgan fingerprint density at radius 2 is 2.06 bits per heavy atom. The molecule has 2 N–H and O–H groups in total. The van der Waals surface area contributed by atoms with Crippen LogP contribution in [0.1, 0.15) is 36.8 Å². The van der Waals surface area contributed by atoms with E-state index in [1.54, 1.807) is 0 Å². The highest BCUT2D eigenvalue weighted by Crippen LogP contribution is 2.28. The normalized spacial score (nSPS) is 24.0. The van der Waals surface area contributed by atoms with Gasteiger partial charge in [-0.05, 0) is 50.2 Å². The summed E-state index contributed by atoms with van der Waals surface area (Å²) in [5.74, 6) is 1.23. The lowest BCUT2D eigenvalue weighted by atomic mass is 9.86. The summed E-state index contributed by atoms with van der Waals surface area (Å²) in [4.78, 5) is 0. The Balaban J connectivity index is 2.07. The first-order chi connectivity index (χ1) is 8.61. The number of hydrogen-bond acceptors (Lipinski definition) is 4. The van der Waals surface area contributed by atoms with Crippen LogP contribution in [-0.2, 0) is 0 Å². The fourth-order valence-corrected chi connectivity index (χ4v) is 2.67. The lowest BCUT2D eigenvalue weighted by Crippen LogP contribution is -2.29. The molecule has 0 radical (unpaired) electrons. The zero-order valence-electron chi connectivity index (χ0n) is 10.9. The fraction of sp³-hybridized carbons (Fsp3) is 0.692. The summed E-state index contributed by atoms with van der Waals surface area (Å²) in [5.41, 5.74) is 2.03. The van der Waals surface area contributed by atoms with Crippen LogP contribution >= 0.6 is 11.6 Å². The Hall–Kier alpha value is -0.870. The van der Waals surface area contributed by atoms with Crippen LogP contribution in [-0.4, -0.2) is 28.0 Å². The molecule has 1 saturated carbocycles. The monoisotopic (exact) mass is 269 g/mol. The summed E-state index contributed by atoms with van der Waals surface area (Å²) in [5, 5.41) is 21.2. The van der Waals surface area contributed by atoms with Crippen molar-refractivity contribution >= 4 is 17.4 Å². The van der Waals surface area contributed by atoms with Gasteiger partial charge in [0, 0.05) is 12.6 Å². The van der Waals surface area contributed by atoms with Crippen LogP contribution in [0.25, 0.3) is 0 Å². The maximum Gasteiger partial charge on any atom is 0.155 e. The van der Waals surface area contributed by atoms with Crippen molar-refractivity contribution in [1.29, 1.82) is 0 Å². The molecule has 0 amide bonds. The van der Waals surface area contributed by atoms with Gasteiger partial charge in [0.1, 0.15) is 0 Å². The number of hydrogen-bond donors (Lipinski definition) is 2. The molecule has 0 aliphatic heterocycles. The second kappa shape index (κ2) is 5.85. The maximum atomic E-state index is 9.24. The van der Waals surface area contributed by atoms with E-state index in [9.17, 15) is 5.11 Å². The third-order valence-corrected chi connectivity index (χ3v) is 4.21. The Bertz CT molecular complexity index is 425. The van der Waals surface area contributed by atoms with Gasteiger partial charge >= 0.3 is 0 Å². The van der Waals surface area contributed by atoms with Crippen molar-refractivity contribution in [2.45, 2.75) is 45.6 Å². The molecule has 4 nitrogen and oxygen atoms in total. The van der Waals surface area contributed by atoms with Gasteiger partial charge in [0.05, 0.1) is 0 Å². The molecule has 0 saturated heterocycles. The van der Waals surface area contributed by atoms with E-state index in [0.29, 0.717) is 17.1 Å². The molecule has 1 aliphatic carbocycles. The lowest BCUT2D eigenvalue weighted by molar-refractivity contribution is 0.184. The maximum absolute atomic E-state index is 9.24. The highest BCUT2D eigenvalue weighted by Gasteiger charge is 2.22. The average molecular weight is 270 g/mol. The third-order valence-electron chi connectivity index (χ3n) is 3.85. The molecule has 2 rings (SSSR count). The molecule has 1 aromatic heterocycles. The topological polar surface area (TPSA) is 58.0 Å². The zero-order chi connectivity index (χ0) is 13.1. The second-order valence-electron chi connectivity index (χ2n) is 5.15. The molecule has 1 fully saturated rings. The molecule has 2 atom stereocenters. The van der Waals surface area contributed by atoms with Gasteiger partial charge in [-0.25, -0.2) is 0 Å². The Morgan fingerprint density at radius 3 is 2.78 bits per heavy atom. The fourth-order valence-electron chi connectivity index (χ4n) is 2.49. The van der Waals surface area contributed by atoms with Crippen molar-refractivity contribution in [1.82, 2.24) is 10.2 Å². The average Bonchev–Trinajstić information content (AvgIpc) is 2.40. The van der Waals surface area contributed by atoms with E-state index in [-0.39, 0.29) is 6.61 Å². The molecule has 100 valence electrons. The number of aliphatic hydroxyl groups excluding tert-OH is 1. The van der Waals surface area contributed by atoms with Gasteiger partial charge in [0.2, 0.25) is 0 Å². The van der Waals surface area contributed by atoms with Crippen LogP contribution in [0.5, 0.6) is 0 Å². The largest absolute Gasteiger partial charge is 0.396 e. The van der Waals surface area contributed by atoms with Crippen molar-refractivity contribution in [2.24, 2.45) is 5.92 Å². The van der Waals surface area contributed by atoms with Crippen molar-refractivity contribution in [3.63, 3.8) is 0 Å². The van der Waals surface area contributed by atoms with E-state index < -0.39 is 0 Å². The number of rotatable bonds is 3. The summed E-state index contributed by atoms with van der Waals surface area (Å²) >= 11 is 5.94. The summed E-state index contributed by atoms with van der Waals surface area (Å²) in [7, 11) is 0. The second-order valence-corrected chi connectivity index (χ2v) is 5.50. The van der Waals surface area contributed by atoms with Gasteiger partial charge in [-0.2, -0.15) is 0 Å². The van der Waals surface area contributed by atoms with Crippen LogP contribution in [0.15, 0.2) is 0 Å². The van der Waals surface area contributed by atoms with E-state index in [2.05, 4.69) is 15.5 Å². The summed E-state index contributed by atoms with van der Waals surface area (Å²) in [6.07, 6.45) is 4.40. The van der Waals surface area contributed by atoms with Crippen LogP contribution in [0.4, 0.5) is 5.82 Å². The highest BCUT2D eigenvalue weighted by atomic mass is 35.5. The standard InChI is InChI=1S/C13H20ClN3O/c1-8-9(2)13(17-16-12(8)14)15-11-5-3-4-10(6-11)7-18/h10-11,18H,3-7H2,1-2H3,(H,15,17). The van der Waals surface area contributed by atoms with Crippen molar-refractivity contribution in [3.05, 3.63) is 16.3 Å². The number of nitrogens with zero attached hydrogens (tertiary/aromatic N) is 2. The molecule has 1 aromatic rings. The van der Waals surface area contributed by atoms with Crippen LogP contribution in [0, 0.1) is 19.8 Å². The number of anilines is 1. The van der Waals surface area contributed by atoms with Gasteiger partial charge in [0.15, 0.2) is 11.0 Å². The summed E-state index contributed by atoms with van der Waals surface area (Å²) in [6.45, 7) is 4.24. The molecular formula is C13H20ClN3O. The number of aliphatic hydroxyl groups is 1. The van der Waals surface area contributed by atoms with E-state index in [1.807, 2.05) is 13.8 Å². The van der Waals surface area contributed by atoms with E-state index in [0.717, 1.165) is 42.6 Å². The first-order valence-electron chi connectivity index (χ1n) is 6.48. The van der Waals surface area contributed by atoms with Crippen molar-refractivity contribution in [2.75, 3.05) is 11.9 Å². The van der Waals surface area contributed by atoms with Crippen LogP contribution in [0.2, 0.25) is 5.15 Å². The zero-order valence-corrected chi connectivity index (χ0v) is 11.7. The lowest BCUT2D eigenvalue weighted by Gasteiger charge is -2.29. The minimum absolute atomic E-state index is 0.280. The van der Waals surface area contributed by atoms with Gasteiger partial charge < -0.3 is 10.4 Å². The van der Waals surface area contributed by atoms with Crippen LogP contribution < -0.4 is 5.32 Å². The molecule has 0 aromatic carbocycles. The Labute approximate surface area is 113 Å². The van der Waals surface area contributed by atoms with Crippen molar-refractivity contribution < 1.29 is 5.11 Å². The van der Waals surface area contributed by atoms with Crippen LogP contribution in [0.3, 0.4) is 0 Å². The van der Waals surface area contributed by atoms with E-state index in [4.69, 9.17) is 11.6 Å². The molecule has 0 bridgehead atoms. The smallest absolute Gasteiger partial charge is 0.155 e. The van der Waals surface area contributed by atoms with Gasteiger partial charge in [0.25, 0.3) is 0 Å². The molecule has 0 spiro atoms. The van der Waals surface area contributed by atoms with Gasteiger partial charge in [-0.3, -0.25) is 0 Å².